The summed E-state index contributed by atoms with van der Waals surface area (Å²) in [6.07, 6.45) is 3.83. The van der Waals surface area contributed by atoms with Crippen molar-refractivity contribution in [3.05, 3.63) is 0 Å². The first-order valence-electron chi connectivity index (χ1n) is 6.90. The van der Waals surface area contributed by atoms with E-state index in [1.54, 1.807) is 0 Å². The zero-order chi connectivity index (χ0) is 12.3. The van der Waals surface area contributed by atoms with Crippen molar-refractivity contribution in [3.8, 4) is 0 Å². The SMILES string of the molecule is CN(C)CC1CCCN1C(CN)C1CCOC1. The predicted octanol–water partition coefficient (Wildman–Crippen LogP) is 0.376. The summed E-state index contributed by atoms with van der Waals surface area (Å²) in [5.74, 6) is 0.655. The third-order valence-electron chi connectivity index (χ3n) is 4.18. The number of ether oxygens (including phenoxy) is 1. The van der Waals surface area contributed by atoms with Crippen LogP contribution in [0.1, 0.15) is 19.3 Å². The van der Waals surface area contributed by atoms with Crippen LogP contribution < -0.4 is 5.73 Å². The molecule has 3 unspecified atom stereocenters. The Labute approximate surface area is 105 Å². The standard InChI is InChI=1S/C13H27N3O/c1-15(2)9-12-4-3-6-16(12)13(8-14)11-5-7-17-10-11/h11-13H,3-10,14H2,1-2H3. The lowest BCUT2D eigenvalue weighted by atomic mass is 9.96. The van der Waals surface area contributed by atoms with Gasteiger partial charge in [0, 0.05) is 37.7 Å². The van der Waals surface area contributed by atoms with Gasteiger partial charge in [0.15, 0.2) is 0 Å². The average Bonchev–Trinajstić information content (AvgIpc) is 2.91. The lowest BCUT2D eigenvalue weighted by Gasteiger charge is -2.36. The van der Waals surface area contributed by atoms with E-state index in [4.69, 9.17) is 10.5 Å². The fraction of sp³-hybridized carbons (Fsp3) is 1.00. The lowest BCUT2D eigenvalue weighted by molar-refractivity contribution is 0.100. The first kappa shape index (κ1) is 13.3. The van der Waals surface area contributed by atoms with E-state index in [9.17, 15) is 0 Å². The lowest BCUT2D eigenvalue weighted by Crippen LogP contribution is -2.50. The largest absolute Gasteiger partial charge is 0.381 e. The van der Waals surface area contributed by atoms with Crippen molar-refractivity contribution in [3.63, 3.8) is 0 Å². The quantitative estimate of drug-likeness (QED) is 0.755. The summed E-state index contributed by atoms with van der Waals surface area (Å²) < 4.78 is 5.52. The van der Waals surface area contributed by atoms with Gasteiger partial charge in [-0.05, 0) is 39.9 Å². The minimum absolute atomic E-state index is 0.532. The third-order valence-corrected chi connectivity index (χ3v) is 4.18. The van der Waals surface area contributed by atoms with Crippen molar-refractivity contribution in [1.82, 2.24) is 9.80 Å². The first-order valence-corrected chi connectivity index (χ1v) is 6.90. The molecule has 0 aromatic carbocycles. The van der Waals surface area contributed by atoms with Crippen LogP contribution in [0.4, 0.5) is 0 Å². The highest BCUT2D eigenvalue weighted by Crippen LogP contribution is 2.27. The summed E-state index contributed by atoms with van der Waals surface area (Å²) in [7, 11) is 4.32. The third kappa shape index (κ3) is 3.19. The molecule has 0 bridgehead atoms. The summed E-state index contributed by atoms with van der Waals surface area (Å²) in [4.78, 5) is 4.95. The summed E-state index contributed by atoms with van der Waals surface area (Å²) in [5.41, 5.74) is 6.01. The number of rotatable bonds is 5. The van der Waals surface area contributed by atoms with Gasteiger partial charge < -0.3 is 15.4 Å². The second-order valence-corrected chi connectivity index (χ2v) is 5.72. The van der Waals surface area contributed by atoms with Crippen LogP contribution in [-0.4, -0.2) is 68.8 Å². The van der Waals surface area contributed by atoms with Crippen LogP contribution in [0.15, 0.2) is 0 Å². The topological polar surface area (TPSA) is 41.7 Å². The van der Waals surface area contributed by atoms with Gasteiger partial charge in [-0.2, -0.15) is 0 Å². The summed E-state index contributed by atoms with van der Waals surface area (Å²) in [6.45, 7) is 4.99. The van der Waals surface area contributed by atoms with Crippen LogP contribution >= 0.6 is 0 Å². The van der Waals surface area contributed by atoms with E-state index < -0.39 is 0 Å². The Morgan fingerprint density at radius 3 is 2.82 bits per heavy atom. The zero-order valence-corrected chi connectivity index (χ0v) is 11.3. The van der Waals surface area contributed by atoms with E-state index in [2.05, 4.69) is 23.9 Å². The highest BCUT2D eigenvalue weighted by Gasteiger charge is 2.35. The molecule has 0 amide bonds. The highest BCUT2D eigenvalue weighted by molar-refractivity contribution is 4.91. The number of nitrogens with zero attached hydrogens (tertiary/aromatic N) is 2. The van der Waals surface area contributed by atoms with Crippen LogP contribution in [0.5, 0.6) is 0 Å². The molecule has 2 aliphatic rings. The highest BCUT2D eigenvalue weighted by atomic mass is 16.5. The van der Waals surface area contributed by atoms with Gasteiger partial charge in [-0.15, -0.1) is 0 Å². The van der Waals surface area contributed by atoms with Crippen molar-refractivity contribution >= 4 is 0 Å². The van der Waals surface area contributed by atoms with Crippen LogP contribution in [0, 0.1) is 5.92 Å². The molecule has 0 aromatic rings. The molecule has 4 nitrogen and oxygen atoms in total. The van der Waals surface area contributed by atoms with E-state index in [0.29, 0.717) is 18.0 Å². The number of hydrogen-bond acceptors (Lipinski definition) is 4. The Kier molecular flexibility index (Phi) is 4.79. The average molecular weight is 241 g/mol. The molecule has 0 aliphatic carbocycles. The van der Waals surface area contributed by atoms with Crippen molar-refractivity contribution in [2.45, 2.75) is 31.3 Å². The van der Waals surface area contributed by atoms with Crippen molar-refractivity contribution in [2.75, 3.05) is 46.9 Å². The fourth-order valence-corrected chi connectivity index (χ4v) is 3.37. The molecular weight excluding hydrogens is 214 g/mol. The molecule has 2 rings (SSSR count). The van der Waals surface area contributed by atoms with E-state index in [-0.39, 0.29) is 0 Å². The van der Waals surface area contributed by atoms with Crippen molar-refractivity contribution < 1.29 is 4.74 Å². The second kappa shape index (κ2) is 6.14. The molecule has 2 heterocycles. The van der Waals surface area contributed by atoms with Crippen LogP contribution in [0.3, 0.4) is 0 Å². The van der Waals surface area contributed by atoms with E-state index >= 15 is 0 Å². The van der Waals surface area contributed by atoms with Crippen LogP contribution in [0.25, 0.3) is 0 Å². The number of likely N-dealkylation sites (tertiary alicyclic amines) is 1. The molecule has 100 valence electrons. The number of hydrogen-bond donors (Lipinski definition) is 1. The Bertz CT molecular complexity index is 229. The van der Waals surface area contributed by atoms with Crippen molar-refractivity contribution in [1.29, 1.82) is 0 Å². The molecule has 2 N–H and O–H groups in total. The smallest absolute Gasteiger partial charge is 0.0510 e. The summed E-state index contributed by atoms with van der Waals surface area (Å²) in [5, 5.41) is 0. The molecule has 4 heteroatoms. The molecule has 0 saturated carbocycles. The van der Waals surface area contributed by atoms with Crippen LogP contribution in [0.2, 0.25) is 0 Å². The molecule has 3 atom stereocenters. The maximum absolute atomic E-state index is 6.01. The Morgan fingerprint density at radius 1 is 1.41 bits per heavy atom. The Morgan fingerprint density at radius 2 is 2.24 bits per heavy atom. The molecule has 0 radical (unpaired) electrons. The number of likely N-dealkylation sites (N-methyl/N-ethyl adjacent to an activating group) is 1. The van der Waals surface area contributed by atoms with Gasteiger partial charge in [0.25, 0.3) is 0 Å². The van der Waals surface area contributed by atoms with Gasteiger partial charge in [0.1, 0.15) is 0 Å². The van der Waals surface area contributed by atoms with Gasteiger partial charge in [-0.25, -0.2) is 0 Å². The fourth-order valence-electron chi connectivity index (χ4n) is 3.37. The molecule has 2 fully saturated rings. The Hall–Kier alpha value is -0.160. The van der Waals surface area contributed by atoms with E-state index in [1.807, 2.05) is 0 Å². The van der Waals surface area contributed by atoms with Gasteiger partial charge in [-0.1, -0.05) is 0 Å². The minimum atomic E-state index is 0.532. The monoisotopic (exact) mass is 241 g/mol. The maximum Gasteiger partial charge on any atom is 0.0510 e. The molecular formula is C13H27N3O. The molecule has 2 saturated heterocycles. The second-order valence-electron chi connectivity index (χ2n) is 5.72. The first-order chi connectivity index (χ1) is 8.22. The summed E-state index contributed by atoms with van der Waals surface area (Å²) in [6, 6.07) is 1.23. The van der Waals surface area contributed by atoms with Gasteiger partial charge in [0.05, 0.1) is 6.61 Å². The van der Waals surface area contributed by atoms with E-state index in [0.717, 1.165) is 26.3 Å². The summed E-state index contributed by atoms with van der Waals surface area (Å²) >= 11 is 0. The molecule has 2 aliphatic heterocycles. The van der Waals surface area contributed by atoms with Gasteiger partial charge >= 0.3 is 0 Å². The molecule has 17 heavy (non-hydrogen) atoms. The normalized spacial score (nSPS) is 32.5. The minimum Gasteiger partial charge on any atom is -0.381 e. The van der Waals surface area contributed by atoms with E-state index in [1.165, 1.54) is 25.8 Å². The zero-order valence-electron chi connectivity index (χ0n) is 11.3. The van der Waals surface area contributed by atoms with Crippen molar-refractivity contribution in [2.24, 2.45) is 11.7 Å². The predicted molar refractivity (Wildman–Crippen MR) is 70.1 cm³/mol. The van der Waals surface area contributed by atoms with Gasteiger partial charge in [-0.3, -0.25) is 4.90 Å². The maximum atomic E-state index is 6.01. The van der Waals surface area contributed by atoms with Gasteiger partial charge in [0.2, 0.25) is 0 Å². The Balaban J connectivity index is 1.96. The number of nitrogens with two attached hydrogens (primary N) is 1. The van der Waals surface area contributed by atoms with Crippen LogP contribution in [-0.2, 0) is 4.74 Å². The molecule has 0 aromatic heterocycles. The molecule has 0 spiro atoms.